The molecule has 0 amide bonds. The molecule has 68 valence electrons. The van der Waals surface area contributed by atoms with Crippen LogP contribution >= 0.6 is 0 Å². The molecule has 0 rings (SSSR count). The summed E-state index contributed by atoms with van der Waals surface area (Å²) in [6.07, 6.45) is 1.67. The fraction of sp³-hybridized carbons (Fsp3) is 0.714. The lowest BCUT2D eigenvalue weighted by Gasteiger charge is -2.12. The number of hydrogen-bond acceptors (Lipinski definition) is 5. The molecule has 2 unspecified atom stereocenters. The number of allylic oxidation sites excluding steroid dienone is 1. The van der Waals surface area contributed by atoms with E-state index >= 15 is 0 Å². The van der Waals surface area contributed by atoms with E-state index in [1.54, 1.807) is 19.9 Å². The summed E-state index contributed by atoms with van der Waals surface area (Å²) in [5.41, 5.74) is 0.642. The van der Waals surface area contributed by atoms with Crippen LogP contribution in [0.4, 0.5) is 0 Å². The molecule has 5 heteroatoms. The van der Waals surface area contributed by atoms with Crippen molar-refractivity contribution in [3.63, 3.8) is 0 Å². The number of aliphatic hydroxyl groups is 1. The van der Waals surface area contributed by atoms with E-state index in [0.29, 0.717) is 5.57 Å². The number of nitroso groups, excluding NO2 is 2. The molecule has 0 bridgehead atoms. The summed E-state index contributed by atoms with van der Waals surface area (Å²) in [5, 5.41) is 14.0. The largest absolute Gasteiger partial charge is 0.394 e. The van der Waals surface area contributed by atoms with E-state index in [1.165, 1.54) is 0 Å². The highest BCUT2D eigenvalue weighted by Crippen LogP contribution is 2.12. The van der Waals surface area contributed by atoms with E-state index in [1.807, 2.05) is 0 Å². The van der Waals surface area contributed by atoms with Gasteiger partial charge in [-0.25, -0.2) is 0 Å². The van der Waals surface area contributed by atoms with Crippen molar-refractivity contribution in [3.05, 3.63) is 21.5 Å². The van der Waals surface area contributed by atoms with E-state index < -0.39 is 18.7 Å². The molecule has 0 aliphatic heterocycles. The molecular weight excluding hydrogens is 160 g/mol. The Labute approximate surface area is 70.4 Å². The van der Waals surface area contributed by atoms with Crippen LogP contribution in [-0.2, 0) is 0 Å². The van der Waals surface area contributed by atoms with Crippen LogP contribution in [0, 0.1) is 9.81 Å². The second-order valence-corrected chi connectivity index (χ2v) is 2.44. The maximum absolute atomic E-state index is 10.3. The third-order valence-electron chi connectivity index (χ3n) is 1.72. The average Bonchev–Trinajstić information content (AvgIpc) is 2.12. The molecule has 0 saturated carbocycles. The highest BCUT2D eigenvalue weighted by atomic mass is 16.3. The van der Waals surface area contributed by atoms with Gasteiger partial charge in [0, 0.05) is 0 Å². The van der Waals surface area contributed by atoms with Crippen LogP contribution in [0.15, 0.2) is 22.0 Å². The number of rotatable bonds is 5. The first-order chi connectivity index (χ1) is 5.71. The zero-order chi connectivity index (χ0) is 9.56. The SMILES string of the molecule is C/C=C(\C)C(N=O)C(CO)N=O. The smallest absolute Gasteiger partial charge is 0.144 e. The molecule has 0 aromatic carbocycles. The van der Waals surface area contributed by atoms with Crippen molar-refractivity contribution in [2.24, 2.45) is 10.4 Å². The monoisotopic (exact) mass is 172 g/mol. The summed E-state index contributed by atoms with van der Waals surface area (Å²) in [5.74, 6) is 0. The molecule has 0 aromatic rings. The molecular formula is C7H12N2O3. The zero-order valence-electron chi connectivity index (χ0n) is 7.10. The predicted molar refractivity (Wildman–Crippen MR) is 45.7 cm³/mol. The lowest BCUT2D eigenvalue weighted by atomic mass is 10.0. The standard InChI is InChI=1S/C7H12N2O3/c1-3-5(2)7(9-12)6(4-10)8-11/h3,6-7,10H,4H2,1-2H3/b5-3+. The summed E-state index contributed by atoms with van der Waals surface area (Å²) in [6.45, 7) is 2.94. The van der Waals surface area contributed by atoms with Crippen LogP contribution < -0.4 is 0 Å². The Bertz CT molecular complexity index is 191. The summed E-state index contributed by atoms with van der Waals surface area (Å²) in [6, 6.07) is -1.80. The van der Waals surface area contributed by atoms with E-state index in [0.717, 1.165) is 0 Å². The Morgan fingerprint density at radius 2 is 2.08 bits per heavy atom. The van der Waals surface area contributed by atoms with Crippen molar-refractivity contribution in [3.8, 4) is 0 Å². The van der Waals surface area contributed by atoms with Gasteiger partial charge in [0.15, 0.2) is 0 Å². The summed E-state index contributed by atoms with van der Waals surface area (Å²) in [4.78, 5) is 20.4. The maximum atomic E-state index is 10.3. The maximum Gasteiger partial charge on any atom is 0.144 e. The Morgan fingerprint density at radius 1 is 1.50 bits per heavy atom. The van der Waals surface area contributed by atoms with Gasteiger partial charge in [-0.2, -0.15) is 9.81 Å². The van der Waals surface area contributed by atoms with E-state index in [4.69, 9.17) is 5.11 Å². The lowest BCUT2D eigenvalue weighted by Crippen LogP contribution is -2.26. The highest BCUT2D eigenvalue weighted by Gasteiger charge is 2.23. The minimum atomic E-state index is -0.960. The first-order valence-corrected chi connectivity index (χ1v) is 3.59. The van der Waals surface area contributed by atoms with Crippen LogP contribution in [0.5, 0.6) is 0 Å². The van der Waals surface area contributed by atoms with Gasteiger partial charge in [-0.15, -0.1) is 0 Å². The zero-order valence-corrected chi connectivity index (χ0v) is 7.10. The van der Waals surface area contributed by atoms with Gasteiger partial charge in [0.25, 0.3) is 0 Å². The lowest BCUT2D eigenvalue weighted by molar-refractivity contribution is 0.256. The van der Waals surface area contributed by atoms with Crippen molar-refractivity contribution in [1.29, 1.82) is 0 Å². The number of hydrogen-bond donors (Lipinski definition) is 1. The molecule has 0 saturated heterocycles. The fourth-order valence-electron chi connectivity index (χ4n) is 0.818. The average molecular weight is 172 g/mol. The van der Waals surface area contributed by atoms with Gasteiger partial charge in [-0.3, -0.25) is 0 Å². The van der Waals surface area contributed by atoms with Gasteiger partial charge in [0.2, 0.25) is 0 Å². The minimum Gasteiger partial charge on any atom is -0.394 e. The predicted octanol–water partition coefficient (Wildman–Crippen LogP) is 1.21. The molecule has 1 N–H and O–H groups in total. The molecule has 12 heavy (non-hydrogen) atoms. The summed E-state index contributed by atoms with van der Waals surface area (Å²) < 4.78 is 0. The Balaban J connectivity index is 4.51. The number of aliphatic hydroxyl groups excluding tert-OH is 1. The van der Waals surface area contributed by atoms with Crippen LogP contribution in [0.25, 0.3) is 0 Å². The van der Waals surface area contributed by atoms with Gasteiger partial charge < -0.3 is 5.11 Å². The Hall–Kier alpha value is -1.10. The topological polar surface area (TPSA) is 79.1 Å². The molecule has 0 radical (unpaired) electrons. The van der Waals surface area contributed by atoms with Crippen molar-refractivity contribution in [1.82, 2.24) is 0 Å². The van der Waals surface area contributed by atoms with Gasteiger partial charge in [0.1, 0.15) is 12.1 Å². The van der Waals surface area contributed by atoms with E-state index in [-0.39, 0.29) is 0 Å². The fourth-order valence-corrected chi connectivity index (χ4v) is 0.818. The van der Waals surface area contributed by atoms with Gasteiger partial charge in [-0.1, -0.05) is 16.4 Å². The van der Waals surface area contributed by atoms with Gasteiger partial charge in [-0.05, 0) is 19.4 Å². The van der Waals surface area contributed by atoms with Crippen LogP contribution in [0.2, 0.25) is 0 Å². The second-order valence-electron chi connectivity index (χ2n) is 2.44. The molecule has 0 spiro atoms. The highest BCUT2D eigenvalue weighted by molar-refractivity contribution is 5.10. The molecule has 0 aliphatic carbocycles. The Kier molecular flexibility index (Phi) is 5.03. The van der Waals surface area contributed by atoms with Crippen LogP contribution in [-0.4, -0.2) is 23.8 Å². The number of nitrogens with zero attached hydrogens (tertiary/aromatic N) is 2. The van der Waals surface area contributed by atoms with Crippen LogP contribution in [0.3, 0.4) is 0 Å². The Morgan fingerprint density at radius 3 is 2.33 bits per heavy atom. The second kappa shape index (κ2) is 5.54. The molecule has 0 aromatic heterocycles. The van der Waals surface area contributed by atoms with Gasteiger partial charge >= 0.3 is 0 Å². The van der Waals surface area contributed by atoms with E-state index in [2.05, 4.69) is 10.4 Å². The quantitative estimate of drug-likeness (QED) is 0.500. The normalized spacial score (nSPS) is 16.8. The molecule has 0 heterocycles. The molecule has 0 aliphatic rings. The first-order valence-electron chi connectivity index (χ1n) is 3.59. The molecule has 2 atom stereocenters. The van der Waals surface area contributed by atoms with Crippen molar-refractivity contribution < 1.29 is 5.11 Å². The minimum absolute atomic E-state index is 0.453. The van der Waals surface area contributed by atoms with Gasteiger partial charge in [0.05, 0.1) is 6.61 Å². The summed E-state index contributed by atoms with van der Waals surface area (Å²) in [7, 11) is 0. The summed E-state index contributed by atoms with van der Waals surface area (Å²) >= 11 is 0. The van der Waals surface area contributed by atoms with Crippen molar-refractivity contribution in [2.75, 3.05) is 6.61 Å². The molecule has 5 nitrogen and oxygen atoms in total. The third kappa shape index (κ3) is 2.50. The molecule has 0 fully saturated rings. The van der Waals surface area contributed by atoms with Crippen LogP contribution in [0.1, 0.15) is 13.8 Å². The third-order valence-corrected chi connectivity index (χ3v) is 1.72. The van der Waals surface area contributed by atoms with Crippen molar-refractivity contribution >= 4 is 0 Å². The first kappa shape index (κ1) is 10.9. The van der Waals surface area contributed by atoms with E-state index in [9.17, 15) is 9.81 Å². The van der Waals surface area contributed by atoms with Crippen molar-refractivity contribution in [2.45, 2.75) is 25.9 Å².